The Kier molecular flexibility index (Phi) is 4.40. The molecule has 1 aliphatic heterocycles. The van der Waals surface area contributed by atoms with Crippen LogP contribution in [0.2, 0.25) is 0 Å². The van der Waals surface area contributed by atoms with E-state index in [1.54, 1.807) is 0 Å². The van der Waals surface area contributed by atoms with Crippen LogP contribution in [0.15, 0.2) is 33.7 Å². The van der Waals surface area contributed by atoms with Crippen molar-refractivity contribution in [2.45, 2.75) is 32.2 Å². The van der Waals surface area contributed by atoms with E-state index in [2.05, 4.69) is 44.4 Å². The Hall–Kier alpha value is -0.830. The molecule has 0 radical (unpaired) electrons. The van der Waals surface area contributed by atoms with Gasteiger partial charge in [0.2, 0.25) is 0 Å². The molecule has 2 nitrogen and oxygen atoms in total. The van der Waals surface area contributed by atoms with Crippen LogP contribution in [0.3, 0.4) is 0 Å². The predicted molar refractivity (Wildman–Crippen MR) is 71.8 cm³/mol. The van der Waals surface area contributed by atoms with Crippen molar-refractivity contribution in [1.29, 1.82) is 0 Å². The number of benzene rings is 1. The molecule has 0 bridgehead atoms. The Morgan fingerprint density at radius 2 is 2.06 bits per heavy atom. The molecule has 1 aliphatic rings. The summed E-state index contributed by atoms with van der Waals surface area (Å²) in [6.07, 6.45) is 4.91. The van der Waals surface area contributed by atoms with E-state index in [4.69, 9.17) is 0 Å². The van der Waals surface area contributed by atoms with Crippen LogP contribution in [0, 0.1) is 0 Å². The maximum Gasteiger partial charge on any atom is 0.0965 e. The van der Waals surface area contributed by atoms with Gasteiger partial charge < -0.3 is 5.32 Å². The molecule has 0 saturated carbocycles. The van der Waals surface area contributed by atoms with Crippen LogP contribution in [0.25, 0.3) is 0 Å². The topological polar surface area (TPSA) is 24.4 Å². The SMILES string of the molecule is Brc1ccccc1CNC1=NCCCCC1. The van der Waals surface area contributed by atoms with Gasteiger partial charge in [0.15, 0.2) is 0 Å². The highest BCUT2D eigenvalue weighted by molar-refractivity contribution is 9.10. The molecule has 0 atom stereocenters. The molecule has 1 N–H and O–H groups in total. The molecule has 0 saturated heterocycles. The summed E-state index contributed by atoms with van der Waals surface area (Å²) in [5, 5.41) is 3.44. The average Bonchev–Trinajstić information content (AvgIpc) is 2.56. The van der Waals surface area contributed by atoms with Crippen molar-refractivity contribution < 1.29 is 0 Å². The summed E-state index contributed by atoms with van der Waals surface area (Å²) in [6.45, 7) is 1.85. The third-order valence-electron chi connectivity index (χ3n) is 2.82. The number of rotatable bonds is 2. The maximum atomic E-state index is 4.56. The van der Waals surface area contributed by atoms with Crippen molar-refractivity contribution in [3.05, 3.63) is 34.3 Å². The Balaban J connectivity index is 1.91. The van der Waals surface area contributed by atoms with Gasteiger partial charge in [-0.05, 0) is 24.5 Å². The summed E-state index contributed by atoms with van der Waals surface area (Å²) in [4.78, 5) is 4.56. The maximum absolute atomic E-state index is 4.56. The van der Waals surface area contributed by atoms with Crippen LogP contribution in [0.5, 0.6) is 0 Å². The van der Waals surface area contributed by atoms with Gasteiger partial charge in [0.05, 0.1) is 5.84 Å². The first kappa shape index (κ1) is 11.6. The summed E-state index contributed by atoms with van der Waals surface area (Å²) in [5.74, 6) is 1.17. The zero-order valence-electron chi connectivity index (χ0n) is 9.38. The lowest BCUT2D eigenvalue weighted by atomic mass is 10.2. The molecule has 16 heavy (non-hydrogen) atoms. The zero-order chi connectivity index (χ0) is 11.2. The summed E-state index contributed by atoms with van der Waals surface area (Å²) in [7, 11) is 0. The second-order valence-electron chi connectivity index (χ2n) is 4.08. The number of aliphatic imine (C=N–C) groups is 1. The zero-order valence-corrected chi connectivity index (χ0v) is 11.0. The van der Waals surface area contributed by atoms with Crippen molar-refractivity contribution in [1.82, 2.24) is 5.32 Å². The van der Waals surface area contributed by atoms with Crippen molar-refractivity contribution in [2.75, 3.05) is 6.54 Å². The second kappa shape index (κ2) is 6.04. The number of amidine groups is 1. The van der Waals surface area contributed by atoms with E-state index < -0.39 is 0 Å². The minimum absolute atomic E-state index is 0.861. The number of hydrogen-bond acceptors (Lipinski definition) is 2. The molecule has 0 aromatic heterocycles. The van der Waals surface area contributed by atoms with Crippen LogP contribution >= 0.6 is 15.9 Å². The molecule has 3 heteroatoms. The highest BCUT2D eigenvalue weighted by atomic mass is 79.9. The van der Waals surface area contributed by atoms with E-state index in [9.17, 15) is 0 Å². The molecule has 0 fully saturated rings. The molecule has 1 aromatic rings. The molecule has 0 spiro atoms. The molecule has 0 aliphatic carbocycles. The van der Waals surface area contributed by atoms with Gasteiger partial charge in [0.25, 0.3) is 0 Å². The first-order valence-corrected chi connectivity index (χ1v) is 6.66. The fraction of sp³-hybridized carbons (Fsp3) is 0.462. The smallest absolute Gasteiger partial charge is 0.0965 e. The van der Waals surface area contributed by atoms with E-state index in [0.29, 0.717) is 0 Å². The highest BCUT2D eigenvalue weighted by Crippen LogP contribution is 2.15. The quantitative estimate of drug-likeness (QED) is 0.881. The fourth-order valence-electron chi connectivity index (χ4n) is 1.86. The van der Waals surface area contributed by atoms with E-state index in [0.717, 1.165) is 24.0 Å². The van der Waals surface area contributed by atoms with E-state index >= 15 is 0 Å². The second-order valence-corrected chi connectivity index (χ2v) is 4.94. The lowest BCUT2D eigenvalue weighted by Crippen LogP contribution is -2.22. The Bertz CT molecular complexity index is 374. The van der Waals surface area contributed by atoms with Gasteiger partial charge in [-0.1, -0.05) is 40.5 Å². The van der Waals surface area contributed by atoms with E-state index in [1.165, 1.54) is 30.7 Å². The molecule has 0 amide bonds. The van der Waals surface area contributed by atoms with Crippen molar-refractivity contribution >= 4 is 21.8 Å². The standard InChI is InChI=1S/C13H17BrN2/c14-12-7-4-3-6-11(12)10-16-13-8-2-1-5-9-15-13/h3-4,6-7H,1-2,5,8-10H2,(H,15,16). The van der Waals surface area contributed by atoms with Gasteiger partial charge in [-0.25, -0.2) is 0 Å². The van der Waals surface area contributed by atoms with Crippen LogP contribution in [-0.2, 0) is 6.54 Å². The molecule has 86 valence electrons. The van der Waals surface area contributed by atoms with Crippen LogP contribution in [-0.4, -0.2) is 12.4 Å². The molecular weight excluding hydrogens is 264 g/mol. The summed E-state index contributed by atoms with van der Waals surface area (Å²) in [6, 6.07) is 8.31. The molecule has 0 unspecified atom stereocenters. The normalized spacial score (nSPS) is 16.4. The minimum atomic E-state index is 0.861. The summed E-state index contributed by atoms with van der Waals surface area (Å²) < 4.78 is 1.16. The van der Waals surface area contributed by atoms with Gasteiger partial charge in [-0.2, -0.15) is 0 Å². The monoisotopic (exact) mass is 280 g/mol. The third kappa shape index (κ3) is 3.34. The first-order valence-electron chi connectivity index (χ1n) is 5.87. The lowest BCUT2D eigenvalue weighted by Gasteiger charge is -2.09. The third-order valence-corrected chi connectivity index (χ3v) is 3.59. The molecule has 1 heterocycles. The molecular formula is C13H17BrN2. The Labute approximate surface area is 105 Å². The largest absolute Gasteiger partial charge is 0.370 e. The Morgan fingerprint density at radius 3 is 2.94 bits per heavy atom. The average molecular weight is 281 g/mol. The van der Waals surface area contributed by atoms with Crippen molar-refractivity contribution in [3.63, 3.8) is 0 Å². The van der Waals surface area contributed by atoms with E-state index in [1.807, 2.05) is 6.07 Å². The van der Waals surface area contributed by atoms with Gasteiger partial charge >= 0.3 is 0 Å². The van der Waals surface area contributed by atoms with Crippen LogP contribution in [0.4, 0.5) is 0 Å². The van der Waals surface area contributed by atoms with Gasteiger partial charge in [-0.15, -0.1) is 0 Å². The molecule has 1 aromatic carbocycles. The van der Waals surface area contributed by atoms with Gasteiger partial charge in [0.1, 0.15) is 0 Å². The number of halogens is 1. The Morgan fingerprint density at radius 1 is 1.19 bits per heavy atom. The minimum Gasteiger partial charge on any atom is -0.370 e. The number of nitrogens with one attached hydrogen (secondary N) is 1. The lowest BCUT2D eigenvalue weighted by molar-refractivity contribution is 0.728. The highest BCUT2D eigenvalue weighted by Gasteiger charge is 2.04. The fourth-order valence-corrected chi connectivity index (χ4v) is 2.28. The summed E-state index contributed by atoms with van der Waals surface area (Å²) in [5.41, 5.74) is 1.29. The van der Waals surface area contributed by atoms with Crippen LogP contribution in [0.1, 0.15) is 31.2 Å². The summed E-state index contributed by atoms with van der Waals surface area (Å²) >= 11 is 3.56. The number of hydrogen-bond donors (Lipinski definition) is 1. The first-order chi connectivity index (χ1) is 7.86. The van der Waals surface area contributed by atoms with Crippen LogP contribution < -0.4 is 5.32 Å². The van der Waals surface area contributed by atoms with Crippen molar-refractivity contribution in [3.8, 4) is 0 Å². The van der Waals surface area contributed by atoms with E-state index in [-0.39, 0.29) is 0 Å². The number of nitrogens with zero attached hydrogens (tertiary/aromatic N) is 1. The van der Waals surface area contributed by atoms with Crippen molar-refractivity contribution in [2.24, 2.45) is 4.99 Å². The predicted octanol–water partition coefficient (Wildman–Crippen LogP) is 3.51. The van der Waals surface area contributed by atoms with Gasteiger partial charge in [0, 0.05) is 24.0 Å². The molecule has 2 rings (SSSR count). The van der Waals surface area contributed by atoms with Gasteiger partial charge in [-0.3, -0.25) is 4.99 Å².